The predicted molar refractivity (Wildman–Crippen MR) is 70.1 cm³/mol. The van der Waals surface area contributed by atoms with Crippen LogP contribution in [0.1, 0.15) is 46.0 Å². The van der Waals surface area contributed by atoms with Crippen LogP contribution in [0.15, 0.2) is 12.2 Å². The summed E-state index contributed by atoms with van der Waals surface area (Å²) in [6.07, 6.45) is 7.74. The molecule has 2 atom stereocenters. The fraction of sp³-hybridized carbons (Fsp3) is 0.714. The molecule has 18 heavy (non-hydrogen) atoms. The predicted octanol–water partition coefficient (Wildman–Crippen LogP) is 2.35. The standard InChI is InChI=1S/C14H23NO3/c1-3-5-10(6-4-2)13(16)15-12-8-7-11(9-12)14(17)18/h7-8,10-12H,3-6,9H2,1-2H3,(H,15,16)(H,17,18). The lowest BCUT2D eigenvalue weighted by atomic mass is 9.97. The minimum absolute atomic E-state index is 0.0669. The summed E-state index contributed by atoms with van der Waals surface area (Å²) in [6.45, 7) is 4.15. The first kappa shape index (κ1) is 14.7. The van der Waals surface area contributed by atoms with E-state index in [9.17, 15) is 9.59 Å². The number of hydrogen-bond donors (Lipinski definition) is 2. The van der Waals surface area contributed by atoms with Gasteiger partial charge in [0, 0.05) is 12.0 Å². The number of carboxylic acid groups (broad SMARTS) is 1. The van der Waals surface area contributed by atoms with Gasteiger partial charge in [-0.2, -0.15) is 0 Å². The van der Waals surface area contributed by atoms with E-state index in [1.54, 1.807) is 12.2 Å². The van der Waals surface area contributed by atoms with Crippen molar-refractivity contribution in [3.8, 4) is 0 Å². The van der Waals surface area contributed by atoms with Crippen molar-refractivity contribution in [1.82, 2.24) is 5.32 Å². The summed E-state index contributed by atoms with van der Waals surface area (Å²) in [6, 6.07) is -0.116. The van der Waals surface area contributed by atoms with Gasteiger partial charge in [-0.05, 0) is 19.3 Å². The van der Waals surface area contributed by atoms with Gasteiger partial charge in [0.05, 0.1) is 5.92 Å². The van der Waals surface area contributed by atoms with Gasteiger partial charge in [-0.25, -0.2) is 0 Å². The number of rotatable bonds is 7. The van der Waals surface area contributed by atoms with Crippen molar-refractivity contribution < 1.29 is 14.7 Å². The van der Waals surface area contributed by atoms with Gasteiger partial charge in [-0.1, -0.05) is 38.8 Å². The Hall–Kier alpha value is -1.32. The molecular weight excluding hydrogens is 230 g/mol. The minimum Gasteiger partial charge on any atom is -0.481 e. The highest BCUT2D eigenvalue weighted by atomic mass is 16.4. The molecule has 0 aliphatic heterocycles. The van der Waals surface area contributed by atoms with Crippen molar-refractivity contribution in [2.24, 2.45) is 11.8 Å². The summed E-state index contributed by atoms with van der Waals surface area (Å²) >= 11 is 0. The van der Waals surface area contributed by atoms with E-state index in [-0.39, 0.29) is 17.9 Å². The molecule has 0 aromatic heterocycles. The summed E-state index contributed by atoms with van der Waals surface area (Å²) in [7, 11) is 0. The highest BCUT2D eigenvalue weighted by Crippen LogP contribution is 2.20. The van der Waals surface area contributed by atoms with Gasteiger partial charge in [-0.15, -0.1) is 0 Å². The van der Waals surface area contributed by atoms with E-state index in [4.69, 9.17) is 5.11 Å². The molecule has 1 rings (SSSR count). The summed E-state index contributed by atoms with van der Waals surface area (Å²) in [5.41, 5.74) is 0. The third-order valence-electron chi connectivity index (χ3n) is 3.37. The van der Waals surface area contributed by atoms with Crippen LogP contribution in [0, 0.1) is 11.8 Å². The molecule has 0 radical (unpaired) electrons. The Morgan fingerprint density at radius 2 is 1.89 bits per heavy atom. The topological polar surface area (TPSA) is 66.4 Å². The lowest BCUT2D eigenvalue weighted by molar-refractivity contribution is -0.140. The Kier molecular flexibility index (Phi) is 5.89. The number of aliphatic carboxylic acids is 1. The number of amides is 1. The molecule has 0 heterocycles. The van der Waals surface area contributed by atoms with E-state index < -0.39 is 11.9 Å². The van der Waals surface area contributed by atoms with Gasteiger partial charge in [-0.3, -0.25) is 9.59 Å². The smallest absolute Gasteiger partial charge is 0.310 e. The number of hydrogen-bond acceptors (Lipinski definition) is 2. The largest absolute Gasteiger partial charge is 0.481 e. The molecule has 1 amide bonds. The van der Waals surface area contributed by atoms with E-state index in [0.717, 1.165) is 25.7 Å². The van der Waals surface area contributed by atoms with Crippen LogP contribution in [0.2, 0.25) is 0 Å². The number of carbonyl (C=O) groups excluding carboxylic acids is 1. The molecule has 0 bridgehead atoms. The second-order valence-electron chi connectivity index (χ2n) is 4.95. The molecule has 1 aliphatic rings. The maximum atomic E-state index is 12.1. The highest BCUT2D eigenvalue weighted by molar-refractivity contribution is 5.79. The Labute approximate surface area is 108 Å². The fourth-order valence-corrected chi connectivity index (χ4v) is 2.39. The molecule has 4 heteroatoms. The summed E-state index contributed by atoms with van der Waals surface area (Å²) in [5, 5.41) is 11.8. The van der Waals surface area contributed by atoms with Crippen molar-refractivity contribution in [3.05, 3.63) is 12.2 Å². The van der Waals surface area contributed by atoms with Crippen LogP contribution in [0.5, 0.6) is 0 Å². The van der Waals surface area contributed by atoms with E-state index in [0.29, 0.717) is 6.42 Å². The lowest BCUT2D eigenvalue weighted by Crippen LogP contribution is -2.37. The first-order valence-corrected chi connectivity index (χ1v) is 6.80. The molecule has 0 fully saturated rings. The van der Waals surface area contributed by atoms with Gasteiger partial charge in [0.2, 0.25) is 5.91 Å². The minimum atomic E-state index is -0.818. The zero-order valence-electron chi connectivity index (χ0n) is 11.2. The van der Waals surface area contributed by atoms with Crippen molar-refractivity contribution in [2.75, 3.05) is 0 Å². The van der Waals surface area contributed by atoms with Crippen LogP contribution in [0.4, 0.5) is 0 Å². The summed E-state index contributed by atoms with van der Waals surface area (Å²) in [5.74, 6) is -1.13. The average Bonchev–Trinajstić information content (AvgIpc) is 2.77. The zero-order chi connectivity index (χ0) is 13.5. The molecule has 2 unspecified atom stereocenters. The maximum absolute atomic E-state index is 12.1. The van der Waals surface area contributed by atoms with Crippen LogP contribution in [-0.2, 0) is 9.59 Å². The number of carboxylic acids is 1. The number of nitrogens with one attached hydrogen (secondary N) is 1. The molecule has 4 nitrogen and oxygen atoms in total. The molecule has 2 N–H and O–H groups in total. The monoisotopic (exact) mass is 253 g/mol. The molecule has 1 aliphatic carbocycles. The van der Waals surface area contributed by atoms with Gasteiger partial charge < -0.3 is 10.4 Å². The molecule has 102 valence electrons. The van der Waals surface area contributed by atoms with Crippen molar-refractivity contribution >= 4 is 11.9 Å². The molecule has 0 spiro atoms. The third-order valence-corrected chi connectivity index (χ3v) is 3.37. The normalized spacial score (nSPS) is 22.4. The molecule has 0 aromatic rings. The molecule has 0 saturated heterocycles. The molecular formula is C14H23NO3. The van der Waals surface area contributed by atoms with Gasteiger partial charge in [0.15, 0.2) is 0 Å². The Morgan fingerprint density at radius 3 is 2.33 bits per heavy atom. The van der Waals surface area contributed by atoms with E-state index in [1.807, 2.05) is 0 Å². The number of carbonyl (C=O) groups is 2. The second kappa shape index (κ2) is 7.19. The van der Waals surface area contributed by atoms with Crippen LogP contribution in [0.25, 0.3) is 0 Å². The van der Waals surface area contributed by atoms with Gasteiger partial charge in [0.1, 0.15) is 0 Å². The van der Waals surface area contributed by atoms with Crippen molar-refractivity contribution in [2.45, 2.75) is 52.0 Å². The Morgan fingerprint density at radius 1 is 1.28 bits per heavy atom. The Balaban J connectivity index is 2.44. The summed E-state index contributed by atoms with van der Waals surface area (Å²) in [4.78, 5) is 22.9. The van der Waals surface area contributed by atoms with Crippen molar-refractivity contribution in [3.63, 3.8) is 0 Å². The quantitative estimate of drug-likeness (QED) is 0.684. The third kappa shape index (κ3) is 4.17. The van der Waals surface area contributed by atoms with Crippen LogP contribution < -0.4 is 5.32 Å². The van der Waals surface area contributed by atoms with Crippen molar-refractivity contribution in [1.29, 1.82) is 0 Å². The van der Waals surface area contributed by atoms with E-state index in [2.05, 4.69) is 19.2 Å². The van der Waals surface area contributed by atoms with Gasteiger partial charge in [0.25, 0.3) is 0 Å². The lowest BCUT2D eigenvalue weighted by Gasteiger charge is -2.18. The SMILES string of the molecule is CCCC(CCC)C(=O)NC1C=CC(C(=O)O)C1. The first-order chi connectivity index (χ1) is 8.58. The first-order valence-electron chi connectivity index (χ1n) is 6.80. The van der Waals surface area contributed by atoms with Crippen LogP contribution in [-0.4, -0.2) is 23.0 Å². The second-order valence-corrected chi connectivity index (χ2v) is 4.95. The van der Waals surface area contributed by atoms with E-state index >= 15 is 0 Å². The van der Waals surface area contributed by atoms with Crippen LogP contribution >= 0.6 is 0 Å². The highest BCUT2D eigenvalue weighted by Gasteiger charge is 2.27. The molecule has 0 aromatic carbocycles. The Bertz CT molecular complexity index is 319. The summed E-state index contributed by atoms with van der Waals surface area (Å²) < 4.78 is 0. The zero-order valence-corrected chi connectivity index (χ0v) is 11.2. The fourth-order valence-electron chi connectivity index (χ4n) is 2.39. The van der Waals surface area contributed by atoms with E-state index in [1.165, 1.54) is 0 Å². The average molecular weight is 253 g/mol. The van der Waals surface area contributed by atoms with Crippen LogP contribution in [0.3, 0.4) is 0 Å². The van der Waals surface area contributed by atoms with Gasteiger partial charge >= 0.3 is 5.97 Å². The maximum Gasteiger partial charge on any atom is 0.310 e. The molecule has 0 saturated carbocycles.